The van der Waals surface area contributed by atoms with Gasteiger partial charge in [-0.05, 0) is 59.1 Å². The molecule has 0 aliphatic rings. The van der Waals surface area contributed by atoms with Crippen LogP contribution in [0, 0.1) is 3.57 Å². The minimum Gasteiger partial charge on any atom is -0.332 e. The monoisotopic (exact) mass is 422 g/mol. The van der Waals surface area contributed by atoms with Crippen molar-refractivity contribution in [1.82, 2.24) is 0 Å². The fourth-order valence-electron chi connectivity index (χ4n) is 1.44. The Kier molecular flexibility index (Phi) is 5.27. The number of anilines is 2. The van der Waals surface area contributed by atoms with Gasteiger partial charge in [0.2, 0.25) is 0 Å². The molecular weight excluding hydrogens is 414 g/mol. The molecule has 0 heterocycles. The molecule has 0 radical (unpaired) electrons. The summed E-state index contributed by atoms with van der Waals surface area (Å²) in [7, 11) is 0. The van der Waals surface area contributed by atoms with Crippen LogP contribution in [0.3, 0.4) is 0 Å². The lowest BCUT2D eigenvalue weighted by molar-refractivity contribution is 1.57. The molecule has 2 N–H and O–H groups in total. The molecule has 98 valence electrons. The van der Waals surface area contributed by atoms with Crippen LogP contribution >= 0.6 is 58.0 Å². The van der Waals surface area contributed by atoms with Crippen molar-refractivity contribution in [3.63, 3.8) is 0 Å². The predicted molar refractivity (Wildman–Crippen MR) is 95.5 cm³/mol. The third-order valence-corrected chi connectivity index (χ3v) is 4.29. The number of benzene rings is 2. The first-order valence-electron chi connectivity index (χ1n) is 5.34. The van der Waals surface area contributed by atoms with E-state index in [1.165, 1.54) is 0 Å². The van der Waals surface area contributed by atoms with Gasteiger partial charge in [-0.15, -0.1) is 0 Å². The molecule has 2 rings (SSSR count). The number of nitrogens with one attached hydrogen (secondary N) is 2. The molecule has 0 aliphatic carbocycles. The molecule has 0 saturated carbocycles. The summed E-state index contributed by atoms with van der Waals surface area (Å²) >= 11 is 19.5. The fraction of sp³-hybridized carbons (Fsp3) is 0. The van der Waals surface area contributed by atoms with Crippen molar-refractivity contribution >= 4 is 74.5 Å². The molecule has 2 aromatic carbocycles. The van der Waals surface area contributed by atoms with Gasteiger partial charge < -0.3 is 10.6 Å². The van der Waals surface area contributed by atoms with Crippen molar-refractivity contribution < 1.29 is 0 Å². The van der Waals surface area contributed by atoms with E-state index in [2.05, 4.69) is 33.2 Å². The van der Waals surface area contributed by atoms with E-state index in [1.807, 2.05) is 36.4 Å². The fourth-order valence-corrected chi connectivity index (χ4v) is 2.53. The van der Waals surface area contributed by atoms with E-state index < -0.39 is 0 Å². The van der Waals surface area contributed by atoms with Crippen LogP contribution in [0.2, 0.25) is 10.0 Å². The molecule has 19 heavy (non-hydrogen) atoms. The van der Waals surface area contributed by atoms with E-state index >= 15 is 0 Å². The van der Waals surface area contributed by atoms with Gasteiger partial charge in [0, 0.05) is 3.57 Å². The Bertz CT molecular complexity index is 619. The molecule has 0 fully saturated rings. The number of hydrogen-bond acceptors (Lipinski definition) is 1. The Balaban J connectivity index is 2.10. The van der Waals surface area contributed by atoms with E-state index in [1.54, 1.807) is 6.07 Å². The normalized spacial score (nSPS) is 10.1. The topological polar surface area (TPSA) is 24.1 Å². The van der Waals surface area contributed by atoms with E-state index in [0.717, 1.165) is 9.26 Å². The molecule has 0 bridgehead atoms. The molecule has 0 atom stereocenters. The minimum atomic E-state index is 0.455. The lowest BCUT2D eigenvalue weighted by Crippen LogP contribution is -2.19. The number of rotatable bonds is 2. The van der Waals surface area contributed by atoms with Gasteiger partial charge in [-0.1, -0.05) is 41.4 Å². The Labute approximate surface area is 140 Å². The predicted octanol–water partition coefficient (Wildman–Crippen LogP) is 5.41. The second kappa shape index (κ2) is 6.74. The highest BCUT2D eigenvalue weighted by molar-refractivity contribution is 14.1. The van der Waals surface area contributed by atoms with Crippen molar-refractivity contribution in [2.24, 2.45) is 0 Å². The summed E-state index contributed by atoms with van der Waals surface area (Å²) in [6.07, 6.45) is 0. The Morgan fingerprint density at radius 3 is 2.32 bits per heavy atom. The average molecular weight is 423 g/mol. The van der Waals surface area contributed by atoms with Crippen LogP contribution in [0.25, 0.3) is 0 Å². The van der Waals surface area contributed by atoms with Gasteiger partial charge in [-0.3, -0.25) is 0 Å². The zero-order valence-corrected chi connectivity index (χ0v) is 14.1. The summed E-state index contributed by atoms with van der Waals surface area (Å²) in [4.78, 5) is 0. The molecule has 0 saturated heterocycles. The summed E-state index contributed by atoms with van der Waals surface area (Å²) in [5, 5.41) is 7.55. The number of thiocarbonyl (C=S) groups is 1. The highest BCUT2D eigenvalue weighted by Gasteiger charge is 2.06. The molecular formula is C13H9Cl2IN2S. The smallest absolute Gasteiger partial charge is 0.175 e. The van der Waals surface area contributed by atoms with Gasteiger partial charge in [0.1, 0.15) is 0 Å². The molecule has 2 nitrogen and oxygen atoms in total. The Morgan fingerprint density at radius 2 is 1.58 bits per heavy atom. The standard InChI is InChI=1S/C13H9Cl2IN2S/c14-8-4-3-7-11(12(8)15)18-13(19)17-10-6-2-1-5-9(10)16/h1-7H,(H2,17,18,19). The van der Waals surface area contributed by atoms with E-state index in [9.17, 15) is 0 Å². The summed E-state index contributed by atoms with van der Waals surface area (Å²) in [5.74, 6) is 0. The molecule has 2 aromatic rings. The van der Waals surface area contributed by atoms with Crippen molar-refractivity contribution in [3.05, 3.63) is 56.1 Å². The first-order valence-corrected chi connectivity index (χ1v) is 7.59. The van der Waals surface area contributed by atoms with Crippen LogP contribution in [-0.4, -0.2) is 5.11 Å². The second-order valence-corrected chi connectivity index (χ2v) is 6.02. The maximum Gasteiger partial charge on any atom is 0.175 e. The highest BCUT2D eigenvalue weighted by atomic mass is 127. The minimum absolute atomic E-state index is 0.455. The third kappa shape index (κ3) is 3.95. The second-order valence-electron chi connectivity index (χ2n) is 3.66. The summed E-state index contributed by atoms with van der Waals surface area (Å²) in [6, 6.07) is 13.2. The number of hydrogen-bond donors (Lipinski definition) is 2. The van der Waals surface area contributed by atoms with Gasteiger partial charge in [-0.2, -0.15) is 0 Å². The summed E-state index contributed by atoms with van der Waals surface area (Å²) < 4.78 is 1.08. The highest BCUT2D eigenvalue weighted by Crippen LogP contribution is 2.29. The largest absolute Gasteiger partial charge is 0.332 e. The first-order chi connectivity index (χ1) is 9.08. The molecule has 0 aromatic heterocycles. The van der Waals surface area contributed by atoms with E-state index in [0.29, 0.717) is 20.8 Å². The lowest BCUT2D eigenvalue weighted by atomic mass is 10.3. The molecule has 0 amide bonds. The van der Waals surface area contributed by atoms with Crippen LogP contribution in [0.5, 0.6) is 0 Å². The SMILES string of the molecule is S=C(Nc1ccccc1I)Nc1cccc(Cl)c1Cl. The summed E-state index contributed by atoms with van der Waals surface area (Å²) in [5.41, 5.74) is 1.62. The maximum absolute atomic E-state index is 6.09. The van der Waals surface area contributed by atoms with Crippen LogP contribution in [-0.2, 0) is 0 Å². The molecule has 6 heteroatoms. The number of para-hydroxylation sites is 1. The van der Waals surface area contributed by atoms with Gasteiger partial charge in [-0.25, -0.2) is 0 Å². The van der Waals surface area contributed by atoms with Crippen LogP contribution in [0.15, 0.2) is 42.5 Å². The van der Waals surface area contributed by atoms with Gasteiger partial charge in [0.15, 0.2) is 5.11 Å². The van der Waals surface area contributed by atoms with Crippen LogP contribution < -0.4 is 10.6 Å². The molecule has 0 spiro atoms. The average Bonchev–Trinajstić information content (AvgIpc) is 2.38. The van der Waals surface area contributed by atoms with Crippen LogP contribution in [0.1, 0.15) is 0 Å². The summed E-state index contributed by atoms with van der Waals surface area (Å²) in [6.45, 7) is 0. The number of halogens is 3. The van der Waals surface area contributed by atoms with Crippen molar-refractivity contribution in [2.45, 2.75) is 0 Å². The van der Waals surface area contributed by atoms with Crippen molar-refractivity contribution in [2.75, 3.05) is 10.6 Å². The van der Waals surface area contributed by atoms with Gasteiger partial charge in [0.25, 0.3) is 0 Å². The Hall–Kier alpha value is -0.560. The van der Waals surface area contributed by atoms with E-state index in [4.69, 9.17) is 35.4 Å². The quantitative estimate of drug-likeness (QED) is 0.500. The maximum atomic E-state index is 6.09. The molecule has 0 aliphatic heterocycles. The van der Waals surface area contributed by atoms with Gasteiger partial charge in [0.05, 0.1) is 21.4 Å². The zero-order chi connectivity index (χ0) is 13.8. The lowest BCUT2D eigenvalue weighted by Gasteiger charge is -2.13. The zero-order valence-electron chi connectivity index (χ0n) is 9.58. The Morgan fingerprint density at radius 1 is 0.947 bits per heavy atom. The third-order valence-electron chi connectivity index (χ3n) is 2.32. The van der Waals surface area contributed by atoms with Crippen molar-refractivity contribution in [3.8, 4) is 0 Å². The molecule has 0 unspecified atom stereocenters. The van der Waals surface area contributed by atoms with Gasteiger partial charge >= 0.3 is 0 Å². The van der Waals surface area contributed by atoms with E-state index in [-0.39, 0.29) is 0 Å². The van der Waals surface area contributed by atoms with Crippen LogP contribution in [0.4, 0.5) is 11.4 Å². The first kappa shape index (κ1) is 14.8. The van der Waals surface area contributed by atoms with Crippen molar-refractivity contribution in [1.29, 1.82) is 0 Å².